The Bertz CT molecular complexity index is 721. The largest absolute Gasteiger partial charge is 0.445 e. The van der Waals surface area contributed by atoms with Crippen LogP contribution in [-0.4, -0.2) is 58.0 Å². The van der Waals surface area contributed by atoms with Gasteiger partial charge in [-0.15, -0.1) is 0 Å². The third-order valence-electron chi connectivity index (χ3n) is 4.77. The van der Waals surface area contributed by atoms with Crippen LogP contribution < -0.4 is 0 Å². The molecule has 6 nitrogen and oxygen atoms in total. The summed E-state index contributed by atoms with van der Waals surface area (Å²) in [6.45, 7) is 1.67. The van der Waals surface area contributed by atoms with Crippen LogP contribution in [0.25, 0.3) is 0 Å². The Morgan fingerprint density at radius 1 is 1.35 bits per heavy atom. The van der Waals surface area contributed by atoms with Crippen molar-refractivity contribution in [3.8, 4) is 0 Å². The summed E-state index contributed by atoms with van der Waals surface area (Å²) in [6, 6.07) is 11.4. The average Bonchev–Trinajstić information content (AvgIpc) is 3.19. The summed E-state index contributed by atoms with van der Waals surface area (Å²) in [4.78, 5) is 15.8. The molecule has 2 heterocycles. The highest BCUT2D eigenvalue weighted by Gasteiger charge is 2.34. The molecule has 0 aliphatic carbocycles. The molecule has 26 heavy (non-hydrogen) atoms. The van der Waals surface area contributed by atoms with Crippen molar-refractivity contribution in [2.75, 3.05) is 20.1 Å². The molecule has 1 aliphatic rings. The number of carbonyl (C=O) groups excluding carboxylic acids is 1. The number of hydrogen-bond acceptors (Lipinski definition) is 4. The second kappa shape index (κ2) is 8.31. The first kappa shape index (κ1) is 18.4. The molecule has 1 aromatic carbocycles. The number of ether oxygens (including phenoxy) is 1. The molecular formula is C19H25FN4O2. The van der Waals surface area contributed by atoms with Gasteiger partial charge in [0.15, 0.2) is 0 Å². The van der Waals surface area contributed by atoms with Crippen LogP contribution in [-0.2, 0) is 24.9 Å². The highest BCUT2D eigenvalue weighted by Crippen LogP contribution is 2.23. The number of rotatable bonds is 6. The molecule has 1 aromatic heterocycles. The molecular weight excluding hydrogens is 335 g/mol. The molecule has 0 N–H and O–H groups in total. The van der Waals surface area contributed by atoms with Gasteiger partial charge in [-0.25, -0.2) is 9.18 Å². The number of likely N-dealkylation sites (tertiary alicyclic amines) is 1. The Labute approximate surface area is 153 Å². The van der Waals surface area contributed by atoms with Crippen molar-refractivity contribution in [3.63, 3.8) is 0 Å². The summed E-state index contributed by atoms with van der Waals surface area (Å²) in [6.07, 6.45) is 0.896. The van der Waals surface area contributed by atoms with E-state index in [-0.39, 0.29) is 12.6 Å². The Kier molecular flexibility index (Phi) is 5.88. The summed E-state index contributed by atoms with van der Waals surface area (Å²) in [5.74, 6) is 0. The van der Waals surface area contributed by atoms with Gasteiger partial charge in [0, 0.05) is 46.0 Å². The third-order valence-corrected chi connectivity index (χ3v) is 4.77. The molecule has 7 heteroatoms. The molecule has 1 saturated heterocycles. The van der Waals surface area contributed by atoms with Crippen molar-refractivity contribution in [2.24, 2.45) is 7.05 Å². The first-order valence-corrected chi connectivity index (χ1v) is 8.79. The van der Waals surface area contributed by atoms with E-state index in [1.54, 1.807) is 17.9 Å². The van der Waals surface area contributed by atoms with Crippen molar-refractivity contribution >= 4 is 6.09 Å². The topological polar surface area (TPSA) is 50.6 Å². The minimum Gasteiger partial charge on any atom is -0.445 e. The fourth-order valence-corrected chi connectivity index (χ4v) is 3.29. The van der Waals surface area contributed by atoms with Crippen molar-refractivity contribution in [2.45, 2.75) is 31.8 Å². The standard InChI is InChI=1S/C19H25FN4O2/c1-22(19(25)26-14-15-6-4-3-5-7-15)12-18-10-16(20)11-24(18)13-17-8-9-21-23(17)2/h3-9,16,18H,10-14H2,1-2H3/t16-,18-/m0/s1. The highest BCUT2D eigenvalue weighted by molar-refractivity contribution is 5.67. The predicted molar refractivity (Wildman–Crippen MR) is 96.2 cm³/mol. The van der Waals surface area contributed by atoms with E-state index in [1.807, 2.05) is 43.4 Å². The highest BCUT2D eigenvalue weighted by atomic mass is 19.1. The predicted octanol–water partition coefficient (Wildman–Crippen LogP) is 2.60. The average molecular weight is 360 g/mol. The molecule has 3 rings (SSSR count). The number of carbonyl (C=O) groups is 1. The fraction of sp³-hybridized carbons (Fsp3) is 0.474. The zero-order valence-corrected chi connectivity index (χ0v) is 15.2. The third kappa shape index (κ3) is 4.60. The molecule has 0 saturated carbocycles. The van der Waals surface area contributed by atoms with Gasteiger partial charge >= 0.3 is 6.09 Å². The zero-order chi connectivity index (χ0) is 18.5. The number of aryl methyl sites for hydroxylation is 1. The monoisotopic (exact) mass is 360 g/mol. The van der Waals surface area contributed by atoms with Crippen molar-refractivity contribution in [1.29, 1.82) is 0 Å². The maximum absolute atomic E-state index is 14.0. The Hall–Kier alpha value is -2.41. The van der Waals surface area contributed by atoms with E-state index in [0.717, 1.165) is 11.3 Å². The van der Waals surface area contributed by atoms with E-state index in [0.29, 0.717) is 26.1 Å². The molecule has 0 radical (unpaired) electrons. The fourth-order valence-electron chi connectivity index (χ4n) is 3.29. The Balaban J connectivity index is 1.53. The van der Waals surface area contributed by atoms with Gasteiger partial charge < -0.3 is 9.64 Å². The van der Waals surface area contributed by atoms with Crippen LogP contribution in [0, 0.1) is 0 Å². The maximum atomic E-state index is 14.0. The van der Waals surface area contributed by atoms with Crippen molar-refractivity contribution in [3.05, 3.63) is 53.9 Å². The van der Waals surface area contributed by atoms with E-state index < -0.39 is 12.3 Å². The van der Waals surface area contributed by atoms with Crippen LogP contribution in [0.15, 0.2) is 42.6 Å². The van der Waals surface area contributed by atoms with Crippen LogP contribution in [0.3, 0.4) is 0 Å². The summed E-state index contributed by atoms with van der Waals surface area (Å²) in [7, 11) is 3.57. The van der Waals surface area contributed by atoms with Gasteiger partial charge in [-0.1, -0.05) is 30.3 Å². The number of hydrogen-bond donors (Lipinski definition) is 0. The normalized spacial score (nSPS) is 20.3. The molecule has 0 spiro atoms. The number of benzene rings is 1. The number of nitrogens with zero attached hydrogens (tertiary/aromatic N) is 4. The van der Waals surface area contributed by atoms with Gasteiger partial charge in [0.2, 0.25) is 0 Å². The van der Waals surface area contributed by atoms with Crippen molar-refractivity contribution in [1.82, 2.24) is 19.6 Å². The number of halogens is 1. The van der Waals surface area contributed by atoms with E-state index in [9.17, 15) is 9.18 Å². The van der Waals surface area contributed by atoms with E-state index >= 15 is 0 Å². The summed E-state index contributed by atoms with van der Waals surface area (Å²) < 4.78 is 21.1. The summed E-state index contributed by atoms with van der Waals surface area (Å²) >= 11 is 0. The molecule has 0 unspecified atom stereocenters. The second-order valence-corrected chi connectivity index (χ2v) is 6.78. The lowest BCUT2D eigenvalue weighted by molar-refractivity contribution is 0.0934. The number of aromatic nitrogens is 2. The molecule has 0 bridgehead atoms. The van der Waals surface area contributed by atoms with Crippen LogP contribution in [0.1, 0.15) is 17.7 Å². The summed E-state index contributed by atoms with van der Waals surface area (Å²) in [5.41, 5.74) is 1.97. The van der Waals surface area contributed by atoms with Gasteiger partial charge in [-0.2, -0.15) is 5.10 Å². The second-order valence-electron chi connectivity index (χ2n) is 6.78. The van der Waals surface area contributed by atoms with Crippen LogP contribution >= 0.6 is 0 Å². The van der Waals surface area contributed by atoms with Crippen molar-refractivity contribution < 1.29 is 13.9 Å². The molecule has 1 fully saturated rings. The smallest absolute Gasteiger partial charge is 0.409 e. The van der Waals surface area contributed by atoms with Crippen LogP contribution in [0.4, 0.5) is 9.18 Å². The van der Waals surface area contributed by atoms with Gasteiger partial charge in [0.05, 0.1) is 5.69 Å². The minimum absolute atomic E-state index is 0.0332. The SMILES string of the molecule is CN(C[C@@H]1C[C@H](F)CN1Cc1ccnn1C)C(=O)OCc1ccccc1. The Morgan fingerprint density at radius 2 is 2.12 bits per heavy atom. The number of likely N-dealkylation sites (N-methyl/N-ethyl adjacent to an activating group) is 1. The lowest BCUT2D eigenvalue weighted by Gasteiger charge is -2.28. The van der Waals surface area contributed by atoms with E-state index in [1.165, 1.54) is 4.90 Å². The number of amides is 1. The van der Waals surface area contributed by atoms with Gasteiger partial charge in [0.1, 0.15) is 12.8 Å². The van der Waals surface area contributed by atoms with E-state index in [2.05, 4.69) is 10.00 Å². The molecule has 1 amide bonds. The number of alkyl halides is 1. The van der Waals surface area contributed by atoms with E-state index in [4.69, 9.17) is 4.74 Å². The summed E-state index contributed by atoms with van der Waals surface area (Å²) in [5, 5.41) is 4.16. The van der Waals surface area contributed by atoms with Gasteiger partial charge in [-0.3, -0.25) is 9.58 Å². The molecule has 140 valence electrons. The minimum atomic E-state index is -0.873. The zero-order valence-electron chi connectivity index (χ0n) is 15.2. The van der Waals surface area contributed by atoms with Crippen LogP contribution in [0.2, 0.25) is 0 Å². The lowest BCUT2D eigenvalue weighted by atomic mass is 10.2. The Morgan fingerprint density at radius 3 is 2.81 bits per heavy atom. The first-order valence-electron chi connectivity index (χ1n) is 8.79. The van der Waals surface area contributed by atoms with Crippen LogP contribution in [0.5, 0.6) is 0 Å². The quantitative estimate of drug-likeness (QED) is 0.795. The molecule has 2 atom stereocenters. The van der Waals surface area contributed by atoms with Gasteiger partial charge in [-0.05, 0) is 18.1 Å². The maximum Gasteiger partial charge on any atom is 0.409 e. The lowest BCUT2D eigenvalue weighted by Crippen LogP contribution is -2.41. The molecule has 1 aliphatic heterocycles. The molecule has 2 aromatic rings. The van der Waals surface area contributed by atoms with Gasteiger partial charge in [0.25, 0.3) is 0 Å². The first-order chi connectivity index (χ1) is 12.5.